The molecule has 0 saturated carbocycles. The molecular weight excluding hydrogens is 268 g/mol. The molecule has 2 heterocycles. The largest absolute Gasteiger partial charge is 0.464 e. The monoisotopic (exact) mass is 294 g/mol. The Labute approximate surface area is 126 Å². The fourth-order valence-electron chi connectivity index (χ4n) is 2.56. The average molecular weight is 294 g/mol. The number of anilines is 2. The summed E-state index contributed by atoms with van der Waals surface area (Å²) in [6.07, 6.45) is 2.49. The SMILES string of the molecule is CCNc1nc(OCC)nc(N(C)CC2CCCN2C)n1. The highest BCUT2D eigenvalue weighted by Crippen LogP contribution is 2.19. The normalized spacial score (nSPS) is 18.8. The van der Waals surface area contributed by atoms with Crippen molar-refractivity contribution in [1.29, 1.82) is 0 Å². The molecule has 7 nitrogen and oxygen atoms in total. The highest BCUT2D eigenvalue weighted by atomic mass is 16.5. The van der Waals surface area contributed by atoms with Crippen LogP contribution in [0.4, 0.5) is 11.9 Å². The minimum atomic E-state index is 0.380. The van der Waals surface area contributed by atoms with Gasteiger partial charge in [-0.1, -0.05) is 0 Å². The van der Waals surface area contributed by atoms with E-state index < -0.39 is 0 Å². The Balaban J connectivity index is 2.12. The van der Waals surface area contributed by atoms with Gasteiger partial charge in [-0.2, -0.15) is 15.0 Å². The van der Waals surface area contributed by atoms with E-state index in [0.29, 0.717) is 30.6 Å². The number of nitrogens with zero attached hydrogens (tertiary/aromatic N) is 5. The van der Waals surface area contributed by atoms with Crippen LogP contribution in [0.15, 0.2) is 0 Å². The number of rotatable bonds is 7. The molecule has 1 aromatic heterocycles. The molecule has 1 fully saturated rings. The summed E-state index contributed by atoms with van der Waals surface area (Å²) < 4.78 is 5.44. The van der Waals surface area contributed by atoms with E-state index in [2.05, 4.69) is 37.1 Å². The third-order valence-corrected chi connectivity index (χ3v) is 3.71. The summed E-state index contributed by atoms with van der Waals surface area (Å²) in [4.78, 5) is 17.6. The minimum Gasteiger partial charge on any atom is -0.464 e. The molecule has 7 heteroatoms. The number of hydrogen-bond acceptors (Lipinski definition) is 7. The molecule has 1 aromatic rings. The first kappa shape index (κ1) is 15.8. The van der Waals surface area contributed by atoms with Crippen LogP contribution in [0.25, 0.3) is 0 Å². The maximum absolute atomic E-state index is 5.44. The zero-order chi connectivity index (χ0) is 15.2. The summed E-state index contributed by atoms with van der Waals surface area (Å²) >= 11 is 0. The van der Waals surface area contributed by atoms with Gasteiger partial charge in [0, 0.05) is 26.2 Å². The van der Waals surface area contributed by atoms with E-state index in [1.165, 1.54) is 19.4 Å². The van der Waals surface area contributed by atoms with E-state index in [1.54, 1.807) is 0 Å². The van der Waals surface area contributed by atoms with Gasteiger partial charge in [0.15, 0.2) is 0 Å². The fourth-order valence-corrected chi connectivity index (χ4v) is 2.56. The number of aromatic nitrogens is 3. The smallest absolute Gasteiger partial charge is 0.323 e. The summed E-state index contributed by atoms with van der Waals surface area (Å²) in [7, 11) is 4.20. The lowest BCUT2D eigenvalue weighted by Gasteiger charge is -2.26. The molecule has 0 aromatic carbocycles. The molecule has 2 rings (SSSR count). The van der Waals surface area contributed by atoms with E-state index in [1.807, 2.05) is 20.9 Å². The highest BCUT2D eigenvalue weighted by Gasteiger charge is 2.23. The summed E-state index contributed by atoms with van der Waals surface area (Å²) in [6, 6.07) is 0.940. The number of hydrogen-bond donors (Lipinski definition) is 1. The molecule has 118 valence electrons. The van der Waals surface area contributed by atoms with E-state index in [9.17, 15) is 0 Å². The quantitative estimate of drug-likeness (QED) is 0.811. The molecule has 0 bridgehead atoms. The molecule has 1 unspecified atom stereocenters. The van der Waals surface area contributed by atoms with Crippen LogP contribution in [0.5, 0.6) is 6.01 Å². The van der Waals surface area contributed by atoms with E-state index in [0.717, 1.165) is 13.1 Å². The molecular formula is C14H26N6O. The first-order valence-electron chi connectivity index (χ1n) is 7.68. The number of nitrogens with one attached hydrogen (secondary N) is 1. The van der Waals surface area contributed by atoms with Crippen LogP contribution in [0.2, 0.25) is 0 Å². The lowest BCUT2D eigenvalue weighted by Crippen LogP contribution is -2.37. The van der Waals surface area contributed by atoms with Crippen LogP contribution in [0, 0.1) is 0 Å². The van der Waals surface area contributed by atoms with Gasteiger partial charge in [0.1, 0.15) is 0 Å². The third kappa shape index (κ3) is 4.17. The Bertz CT molecular complexity index is 431. The van der Waals surface area contributed by atoms with Crippen molar-refractivity contribution < 1.29 is 4.74 Å². The molecule has 1 saturated heterocycles. The van der Waals surface area contributed by atoms with Gasteiger partial charge in [0.25, 0.3) is 0 Å². The van der Waals surface area contributed by atoms with Crippen molar-refractivity contribution in [2.45, 2.75) is 32.7 Å². The van der Waals surface area contributed by atoms with Crippen LogP contribution in [-0.2, 0) is 0 Å². The van der Waals surface area contributed by atoms with Gasteiger partial charge in [-0.05, 0) is 40.3 Å². The number of likely N-dealkylation sites (tertiary alicyclic amines) is 1. The predicted molar refractivity (Wildman–Crippen MR) is 84.1 cm³/mol. The van der Waals surface area contributed by atoms with Crippen LogP contribution >= 0.6 is 0 Å². The molecule has 0 spiro atoms. The van der Waals surface area contributed by atoms with Crippen molar-refractivity contribution in [2.24, 2.45) is 0 Å². The van der Waals surface area contributed by atoms with Gasteiger partial charge in [-0.15, -0.1) is 0 Å². The van der Waals surface area contributed by atoms with Crippen molar-refractivity contribution in [3.8, 4) is 6.01 Å². The van der Waals surface area contributed by atoms with E-state index in [4.69, 9.17) is 4.74 Å². The predicted octanol–water partition coefficient (Wildman–Crippen LogP) is 1.23. The van der Waals surface area contributed by atoms with Gasteiger partial charge >= 0.3 is 6.01 Å². The van der Waals surface area contributed by atoms with Crippen molar-refractivity contribution in [3.05, 3.63) is 0 Å². The standard InChI is InChI=1S/C14H26N6O/c1-5-15-12-16-13(18-14(17-12)21-6-2)20(4)10-11-8-7-9-19(11)3/h11H,5-10H2,1-4H3,(H,15,16,17,18). The average Bonchev–Trinajstić information content (AvgIpc) is 2.85. The van der Waals surface area contributed by atoms with Crippen LogP contribution in [0.1, 0.15) is 26.7 Å². The van der Waals surface area contributed by atoms with Crippen LogP contribution in [0.3, 0.4) is 0 Å². The molecule has 0 amide bonds. The third-order valence-electron chi connectivity index (χ3n) is 3.71. The number of likely N-dealkylation sites (N-methyl/N-ethyl adjacent to an activating group) is 2. The van der Waals surface area contributed by atoms with E-state index in [-0.39, 0.29) is 0 Å². The molecule has 21 heavy (non-hydrogen) atoms. The molecule has 1 N–H and O–H groups in total. The highest BCUT2D eigenvalue weighted by molar-refractivity contribution is 5.37. The van der Waals surface area contributed by atoms with Gasteiger partial charge in [-0.3, -0.25) is 0 Å². The van der Waals surface area contributed by atoms with Crippen molar-refractivity contribution in [2.75, 3.05) is 50.6 Å². The maximum atomic E-state index is 5.44. The fraction of sp³-hybridized carbons (Fsp3) is 0.786. The number of ether oxygens (including phenoxy) is 1. The second kappa shape index (κ2) is 7.40. The molecule has 0 aliphatic carbocycles. The first-order chi connectivity index (χ1) is 10.1. The second-order valence-electron chi connectivity index (χ2n) is 5.36. The first-order valence-corrected chi connectivity index (χ1v) is 7.68. The summed E-state index contributed by atoms with van der Waals surface area (Å²) in [6.45, 7) is 7.34. The summed E-state index contributed by atoms with van der Waals surface area (Å²) in [5.74, 6) is 1.22. The molecule has 1 atom stereocenters. The topological polar surface area (TPSA) is 66.4 Å². The Kier molecular flexibility index (Phi) is 5.55. The minimum absolute atomic E-state index is 0.380. The summed E-state index contributed by atoms with van der Waals surface area (Å²) in [5.41, 5.74) is 0. The lowest BCUT2D eigenvalue weighted by atomic mass is 10.2. The molecule has 0 radical (unpaired) electrons. The van der Waals surface area contributed by atoms with Crippen molar-refractivity contribution >= 4 is 11.9 Å². The lowest BCUT2D eigenvalue weighted by molar-refractivity contribution is 0.307. The zero-order valence-corrected chi connectivity index (χ0v) is 13.5. The van der Waals surface area contributed by atoms with Crippen LogP contribution in [-0.4, -0.2) is 66.2 Å². The summed E-state index contributed by atoms with van der Waals surface area (Å²) in [5, 5.41) is 3.12. The Morgan fingerprint density at radius 2 is 2.14 bits per heavy atom. The Morgan fingerprint density at radius 3 is 2.76 bits per heavy atom. The van der Waals surface area contributed by atoms with E-state index >= 15 is 0 Å². The maximum Gasteiger partial charge on any atom is 0.323 e. The van der Waals surface area contributed by atoms with Crippen molar-refractivity contribution in [1.82, 2.24) is 19.9 Å². The van der Waals surface area contributed by atoms with Gasteiger partial charge in [0.2, 0.25) is 11.9 Å². The van der Waals surface area contributed by atoms with Crippen LogP contribution < -0.4 is 15.0 Å². The van der Waals surface area contributed by atoms with Gasteiger partial charge in [0.05, 0.1) is 6.61 Å². The Hall–Kier alpha value is -1.63. The Morgan fingerprint density at radius 1 is 1.33 bits per heavy atom. The van der Waals surface area contributed by atoms with Gasteiger partial charge < -0.3 is 19.9 Å². The van der Waals surface area contributed by atoms with Gasteiger partial charge in [-0.25, -0.2) is 0 Å². The van der Waals surface area contributed by atoms with Crippen molar-refractivity contribution in [3.63, 3.8) is 0 Å². The molecule has 1 aliphatic rings. The molecule has 1 aliphatic heterocycles. The second-order valence-corrected chi connectivity index (χ2v) is 5.36. The zero-order valence-electron chi connectivity index (χ0n) is 13.5.